The largest absolute Gasteiger partial charge is 0.481 e. The van der Waals surface area contributed by atoms with Crippen LogP contribution in [0.15, 0.2) is 48.9 Å². The Hall–Kier alpha value is -4.12. The summed E-state index contributed by atoms with van der Waals surface area (Å²) >= 11 is 0. The van der Waals surface area contributed by atoms with Crippen LogP contribution in [0.3, 0.4) is 0 Å². The van der Waals surface area contributed by atoms with Gasteiger partial charge < -0.3 is 20.1 Å². The molecule has 1 aliphatic heterocycles. The van der Waals surface area contributed by atoms with Gasteiger partial charge in [-0.3, -0.25) is 4.79 Å². The number of ether oxygens (including phenoxy) is 1. The average Bonchev–Trinajstić information content (AvgIpc) is 3.34. The number of carbonyl (C=O) groups is 1. The Morgan fingerprint density at radius 1 is 1.26 bits per heavy atom. The van der Waals surface area contributed by atoms with Crippen molar-refractivity contribution in [1.29, 1.82) is 0 Å². The van der Waals surface area contributed by atoms with E-state index < -0.39 is 12.4 Å². The topological polar surface area (TPSA) is 118 Å². The van der Waals surface area contributed by atoms with Crippen LogP contribution in [0.2, 0.25) is 0 Å². The average molecular weight is 478 g/mol. The summed E-state index contributed by atoms with van der Waals surface area (Å²) < 4.78 is 22.6. The molecule has 0 aliphatic carbocycles. The third-order valence-electron chi connectivity index (χ3n) is 5.99. The fourth-order valence-electron chi connectivity index (χ4n) is 4.22. The minimum absolute atomic E-state index is 0.0272. The molecule has 0 radical (unpaired) electrons. The first-order valence-electron chi connectivity index (χ1n) is 11.2. The zero-order chi connectivity index (χ0) is 24.4. The van der Waals surface area contributed by atoms with Gasteiger partial charge in [0, 0.05) is 43.2 Å². The minimum atomic E-state index is -0.622. The molecule has 4 aromatic heterocycles. The maximum absolute atomic E-state index is 15.8. The summed E-state index contributed by atoms with van der Waals surface area (Å²) in [6.07, 6.45) is 6.40. The summed E-state index contributed by atoms with van der Waals surface area (Å²) in [5.74, 6) is -0.237. The summed E-state index contributed by atoms with van der Waals surface area (Å²) in [7, 11) is 1.51. The van der Waals surface area contributed by atoms with Crippen molar-refractivity contribution >= 4 is 17.2 Å². The molecule has 0 bridgehead atoms. The lowest BCUT2D eigenvalue weighted by Gasteiger charge is -2.33. The van der Waals surface area contributed by atoms with Crippen molar-refractivity contribution in [3.8, 4) is 28.5 Å². The Labute approximate surface area is 200 Å². The van der Waals surface area contributed by atoms with Crippen LogP contribution in [0.1, 0.15) is 12.8 Å². The lowest BCUT2D eigenvalue weighted by atomic mass is 10.1. The molecule has 5 rings (SSSR count). The molecule has 0 saturated carbocycles. The van der Waals surface area contributed by atoms with Crippen LogP contribution in [-0.2, 0) is 4.79 Å². The Balaban J connectivity index is 1.57. The molecule has 180 valence electrons. The van der Waals surface area contributed by atoms with Crippen LogP contribution >= 0.6 is 0 Å². The molecule has 1 atom stereocenters. The summed E-state index contributed by atoms with van der Waals surface area (Å²) in [4.78, 5) is 26.8. The molecular weight excluding hydrogens is 453 g/mol. The van der Waals surface area contributed by atoms with Crippen LogP contribution < -0.4 is 10.1 Å². The zero-order valence-corrected chi connectivity index (χ0v) is 19.1. The van der Waals surface area contributed by atoms with Crippen molar-refractivity contribution in [2.24, 2.45) is 0 Å². The summed E-state index contributed by atoms with van der Waals surface area (Å²) in [5, 5.41) is 16.7. The highest BCUT2D eigenvalue weighted by atomic mass is 19.1. The second kappa shape index (κ2) is 9.63. The number of aliphatic hydroxyl groups excluding tert-OH is 1. The zero-order valence-electron chi connectivity index (χ0n) is 19.1. The van der Waals surface area contributed by atoms with Gasteiger partial charge in [-0.05, 0) is 31.0 Å². The maximum Gasteiger partial charge on any atom is 0.248 e. The summed E-state index contributed by atoms with van der Waals surface area (Å²) in [6, 6.07) is 8.71. The van der Waals surface area contributed by atoms with Gasteiger partial charge in [0.15, 0.2) is 17.5 Å². The number of nitrogens with one attached hydrogen (secondary N) is 1. The number of hydrogen-bond acceptors (Lipinski definition) is 8. The maximum atomic E-state index is 15.8. The number of piperidine rings is 1. The molecule has 1 saturated heterocycles. The van der Waals surface area contributed by atoms with Gasteiger partial charge in [-0.15, -0.1) is 0 Å². The number of aromatic nitrogens is 5. The molecule has 1 amide bonds. The van der Waals surface area contributed by atoms with Crippen LogP contribution in [0.25, 0.3) is 28.2 Å². The smallest absolute Gasteiger partial charge is 0.248 e. The molecule has 10 nitrogen and oxygen atoms in total. The predicted octanol–water partition coefficient (Wildman–Crippen LogP) is 2.40. The molecular formula is C24H24FN7O3. The number of anilines is 1. The van der Waals surface area contributed by atoms with Crippen molar-refractivity contribution in [2.45, 2.75) is 18.9 Å². The van der Waals surface area contributed by atoms with E-state index in [9.17, 15) is 9.90 Å². The van der Waals surface area contributed by atoms with Crippen LogP contribution in [0.4, 0.5) is 10.2 Å². The van der Waals surface area contributed by atoms with E-state index in [2.05, 4.69) is 25.4 Å². The van der Waals surface area contributed by atoms with E-state index in [1.165, 1.54) is 13.3 Å². The Bertz CT molecular complexity index is 1360. The first-order chi connectivity index (χ1) is 17.1. The lowest BCUT2D eigenvalue weighted by molar-refractivity contribution is -0.135. The van der Waals surface area contributed by atoms with Gasteiger partial charge in [0.1, 0.15) is 12.3 Å². The molecule has 0 aromatic carbocycles. The number of aliphatic hydroxyl groups is 1. The molecule has 1 aliphatic rings. The Kier molecular flexibility index (Phi) is 6.23. The van der Waals surface area contributed by atoms with E-state index in [-0.39, 0.29) is 23.5 Å². The monoisotopic (exact) mass is 477 g/mol. The second-order valence-electron chi connectivity index (χ2n) is 8.22. The van der Waals surface area contributed by atoms with Gasteiger partial charge in [0.05, 0.1) is 24.4 Å². The normalized spacial score (nSPS) is 15.9. The Morgan fingerprint density at radius 2 is 2.14 bits per heavy atom. The van der Waals surface area contributed by atoms with Crippen LogP contribution in [0.5, 0.6) is 5.88 Å². The quantitative estimate of drug-likeness (QED) is 0.435. The number of pyridine rings is 2. The first-order valence-corrected chi connectivity index (χ1v) is 11.2. The number of hydrogen-bond donors (Lipinski definition) is 2. The van der Waals surface area contributed by atoms with Gasteiger partial charge in [-0.1, -0.05) is 6.07 Å². The number of carbonyl (C=O) groups excluding carboxylic acids is 1. The molecule has 5 heterocycles. The van der Waals surface area contributed by atoms with Gasteiger partial charge in [-0.25, -0.2) is 23.9 Å². The number of likely N-dealkylation sites (tertiary alicyclic amines) is 1. The van der Waals surface area contributed by atoms with Crippen molar-refractivity contribution in [1.82, 2.24) is 29.5 Å². The van der Waals surface area contributed by atoms with E-state index in [1.54, 1.807) is 27.7 Å². The molecule has 1 fully saturated rings. The van der Waals surface area contributed by atoms with Gasteiger partial charge in [0.25, 0.3) is 0 Å². The molecule has 2 N–H and O–H groups in total. The van der Waals surface area contributed by atoms with E-state index in [0.717, 1.165) is 18.4 Å². The molecule has 0 unspecified atom stereocenters. The van der Waals surface area contributed by atoms with Gasteiger partial charge in [0.2, 0.25) is 11.8 Å². The van der Waals surface area contributed by atoms with Crippen molar-refractivity contribution in [3.63, 3.8) is 0 Å². The third kappa shape index (κ3) is 4.50. The SMILES string of the molecule is COc1ccc(-c2nc(-c3cnn4ccccc34)nc(N[C@@H]3CCCN(C(=O)CO)C3)c2F)cn1. The summed E-state index contributed by atoms with van der Waals surface area (Å²) in [5.41, 5.74) is 1.98. The van der Waals surface area contributed by atoms with Gasteiger partial charge >= 0.3 is 0 Å². The number of methoxy groups -OCH3 is 1. The number of rotatable bonds is 6. The van der Waals surface area contributed by atoms with E-state index in [1.807, 2.05) is 24.4 Å². The highest BCUT2D eigenvalue weighted by molar-refractivity contribution is 5.78. The number of amides is 1. The molecule has 35 heavy (non-hydrogen) atoms. The molecule has 0 spiro atoms. The number of fused-ring (bicyclic) bond motifs is 1. The highest BCUT2D eigenvalue weighted by Gasteiger charge is 2.26. The van der Waals surface area contributed by atoms with E-state index >= 15 is 4.39 Å². The van der Waals surface area contributed by atoms with Gasteiger partial charge in [-0.2, -0.15) is 5.10 Å². The van der Waals surface area contributed by atoms with Crippen molar-refractivity contribution in [3.05, 3.63) is 54.7 Å². The fourth-order valence-corrected chi connectivity index (χ4v) is 4.22. The third-order valence-corrected chi connectivity index (χ3v) is 5.99. The Morgan fingerprint density at radius 3 is 2.91 bits per heavy atom. The predicted molar refractivity (Wildman–Crippen MR) is 126 cm³/mol. The fraction of sp³-hybridized carbons (Fsp3) is 0.292. The second-order valence-corrected chi connectivity index (χ2v) is 8.22. The standard InChI is InChI=1S/C24H24FN7O3/c1-35-19-8-7-15(11-26-19)22-21(25)24(28-16-5-4-9-31(13-16)20(34)14-33)30-23(29-22)17-12-27-32-10-3-2-6-18(17)32/h2-3,6-8,10-12,16,33H,4-5,9,13-14H2,1H3,(H,28,29,30)/t16-/m1/s1. The number of nitrogens with zero attached hydrogens (tertiary/aromatic N) is 6. The first kappa shape index (κ1) is 22.7. The number of halogens is 1. The van der Waals surface area contributed by atoms with Crippen LogP contribution in [-0.4, -0.2) is 73.3 Å². The molecule has 4 aromatic rings. The van der Waals surface area contributed by atoms with Crippen LogP contribution in [0, 0.1) is 5.82 Å². The van der Waals surface area contributed by atoms with E-state index in [0.29, 0.717) is 35.9 Å². The lowest BCUT2D eigenvalue weighted by Crippen LogP contribution is -2.46. The van der Waals surface area contributed by atoms with E-state index in [4.69, 9.17) is 4.74 Å². The van der Waals surface area contributed by atoms with Crippen molar-refractivity contribution in [2.75, 3.05) is 32.1 Å². The molecule has 11 heteroatoms. The minimum Gasteiger partial charge on any atom is -0.481 e. The highest BCUT2D eigenvalue weighted by Crippen LogP contribution is 2.31. The summed E-state index contributed by atoms with van der Waals surface area (Å²) in [6.45, 7) is 0.344. The van der Waals surface area contributed by atoms with Crippen molar-refractivity contribution < 1.29 is 19.0 Å².